The van der Waals surface area contributed by atoms with Crippen LogP contribution in [-0.4, -0.2) is 50.7 Å². The molecule has 1 rings (SSSR count). The van der Waals surface area contributed by atoms with Crippen LogP contribution in [0.25, 0.3) is 0 Å². The largest absolute Gasteiger partial charge is 0.389 e. The first kappa shape index (κ1) is 16.9. The topological polar surface area (TPSA) is 50.7 Å². The summed E-state index contributed by atoms with van der Waals surface area (Å²) in [5, 5.41) is 12.9. The first-order chi connectivity index (χ1) is 9.11. The van der Waals surface area contributed by atoms with Gasteiger partial charge in [0.15, 0.2) is 0 Å². The molecule has 0 radical (unpaired) electrons. The van der Waals surface area contributed by atoms with E-state index in [1.165, 1.54) is 4.88 Å². The van der Waals surface area contributed by atoms with E-state index in [2.05, 4.69) is 5.32 Å². The first-order valence-corrected chi connectivity index (χ1v) is 7.54. The van der Waals surface area contributed by atoms with Gasteiger partial charge in [-0.15, -0.1) is 11.3 Å². The summed E-state index contributed by atoms with van der Waals surface area (Å²) in [7, 11) is 1.63. The van der Waals surface area contributed by atoms with Crippen molar-refractivity contribution in [3.8, 4) is 0 Å². The highest BCUT2D eigenvalue weighted by molar-refractivity contribution is 7.16. The molecule has 0 spiro atoms. The van der Waals surface area contributed by atoms with Crippen molar-refractivity contribution < 1.29 is 14.6 Å². The van der Waals surface area contributed by atoms with Crippen molar-refractivity contribution in [2.24, 2.45) is 0 Å². The Bertz CT molecular complexity index is 348. The molecule has 0 aromatic carbocycles. The molecule has 1 heterocycles. The van der Waals surface area contributed by atoms with Crippen molar-refractivity contribution in [2.45, 2.75) is 25.6 Å². The van der Waals surface area contributed by atoms with Gasteiger partial charge in [-0.25, -0.2) is 0 Å². The molecule has 19 heavy (non-hydrogen) atoms. The molecule has 0 aliphatic rings. The minimum Gasteiger partial charge on any atom is -0.389 e. The van der Waals surface area contributed by atoms with Gasteiger partial charge in [-0.1, -0.05) is 11.6 Å². The molecule has 0 saturated carbocycles. The molecule has 0 bridgehead atoms. The van der Waals surface area contributed by atoms with Gasteiger partial charge in [-0.3, -0.25) is 0 Å². The Morgan fingerprint density at radius 2 is 2.21 bits per heavy atom. The molecule has 2 N–H and O–H groups in total. The molecule has 6 heteroatoms. The van der Waals surface area contributed by atoms with Gasteiger partial charge in [0.1, 0.15) is 0 Å². The van der Waals surface area contributed by atoms with E-state index in [-0.39, 0.29) is 6.10 Å². The highest BCUT2D eigenvalue weighted by atomic mass is 35.5. The third-order valence-corrected chi connectivity index (χ3v) is 3.82. The number of hydrogen-bond acceptors (Lipinski definition) is 5. The minimum absolute atomic E-state index is 0.00732. The van der Waals surface area contributed by atoms with E-state index in [1.807, 2.05) is 19.1 Å². The number of nitrogens with one attached hydrogen (secondary N) is 1. The maximum Gasteiger partial charge on any atom is 0.0931 e. The molecule has 2 atom stereocenters. The van der Waals surface area contributed by atoms with Crippen LogP contribution in [0.15, 0.2) is 12.1 Å². The third kappa shape index (κ3) is 7.87. The summed E-state index contributed by atoms with van der Waals surface area (Å²) in [6.07, 6.45) is 0.435. The van der Waals surface area contributed by atoms with Crippen LogP contribution >= 0.6 is 22.9 Å². The summed E-state index contributed by atoms with van der Waals surface area (Å²) in [6, 6.07) is 3.93. The fourth-order valence-electron chi connectivity index (χ4n) is 1.58. The number of ether oxygens (including phenoxy) is 2. The molecule has 0 aliphatic heterocycles. The Labute approximate surface area is 123 Å². The number of aliphatic hydroxyl groups is 1. The fraction of sp³-hybridized carbons (Fsp3) is 0.692. The smallest absolute Gasteiger partial charge is 0.0931 e. The summed E-state index contributed by atoms with van der Waals surface area (Å²) in [6.45, 7) is 4.13. The van der Waals surface area contributed by atoms with Crippen molar-refractivity contribution in [2.75, 3.05) is 33.4 Å². The van der Waals surface area contributed by atoms with Crippen LogP contribution < -0.4 is 5.32 Å². The average molecular weight is 308 g/mol. The molecular formula is C13H22ClNO3S. The summed E-state index contributed by atoms with van der Waals surface area (Å²) in [4.78, 5) is 1.25. The predicted octanol–water partition coefficient (Wildman–Crippen LogP) is 1.95. The highest BCUT2D eigenvalue weighted by Crippen LogP contribution is 2.21. The molecule has 0 saturated heterocycles. The number of methoxy groups -OCH3 is 1. The standard InChI is InChI=1S/C13H22ClNO3S/c1-10(8-17-2)18-9-11(16)7-15-6-5-12-3-4-13(14)19-12/h3-4,10-11,15-16H,5-9H2,1-2H3. The van der Waals surface area contributed by atoms with E-state index >= 15 is 0 Å². The summed E-state index contributed by atoms with van der Waals surface area (Å²) >= 11 is 7.44. The zero-order valence-corrected chi connectivity index (χ0v) is 13.0. The molecule has 4 nitrogen and oxygen atoms in total. The molecule has 2 unspecified atom stereocenters. The van der Waals surface area contributed by atoms with E-state index in [1.54, 1.807) is 18.4 Å². The second-order valence-electron chi connectivity index (χ2n) is 4.41. The summed E-state index contributed by atoms with van der Waals surface area (Å²) in [5.41, 5.74) is 0. The lowest BCUT2D eigenvalue weighted by molar-refractivity contribution is -0.0309. The van der Waals surface area contributed by atoms with Crippen LogP contribution in [0.4, 0.5) is 0 Å². The Morgan fingerprint density at radius 3 is 2.84 bits per heavy atom. The van der Waals surface area contributed by atoms with Crippen LogP contribution in [0.1, 0.15) is 11.8 Å². The Hall–Kier alpha value is -0.170. The van der Waals surface area contributed by atoms with Gasteiger partial charge in [0.25, 0.3) is 0 Å². The molecule has 0 amide bonds. The van der Waals surface area contributed by atoms with Crippen LogP contribution in [0, 0.1) is 0 Å². The van der Waals surface area contributed by atoms with Gasteiger partial charge in [0.2, 0.25) is 0 Å². The van der Waals surface area contributed by atoms with Crippen LogP contribution in [0.5, 0.6) is 0 Å². The average Bonchev–Trinajstić information content (AvgIpc) is 2.78. The van der Waals surface area contributed by atoms with Crippen molar-refractivity contribution in [1.29, 1.82) is 0 Å². The SMILES string of the molecule is COCC(C)OCC(O)CNCCc1ccc(Cl)s1. The van der Waals surface area contributed by atoms with Crippen molar-refractivity contribution in [1.82, 2.24) is 5.32 Å². The van der Waals surface area contributed by atoms with Gasteiger partial charge < -0.3 is 19.9 Å². The quantitative estimate of drug-likeness (QED) is 0.649. The Morgan fingerprint density at radius 1 is 1.42 bits per heavy atom. The van der Waals surface area contributed by atoms with Gasteiger partial charge in [0.05, 0.1) is 29.8 Å². The van der Waals surface area contributed by atoms with E-state index < -0.39 is 6.10 Å². The lowest BCUT2D eigenvalue weighted by Gasteiger charge is -2.16. The number of hydrogen-bond donors (Lipinski definition) is 2. The molecule has 0 fully saturated rings. The van der Waals surface area contributed by atoms with Gasteiger partial charge in [0, 0.05) is 25.1 Å². The molecule has 0 aliphatic carbocycles. The fourth-order valence-corrected chi connectivity index (χ4v) is 2.67. The molecular weight excluding hydrogens is 286 g/mol. The van der Waals surface area contributed by atoms with E-state index in [0.717, 1.165) is 17.3 Å². The molecule has 1 aromatic heterocycles. The van der Waals surface area contributed by atoms with E-state index in [0.29, 0.717) is 19.8 Å². The normalized spacial score (nSPS) is 14.5. The van der Waals surface area contributed by atoms with Gasteiger partial charge in [-0.2, -0.15) is 0 Å². The van der Waals surface area contributed by atoms with E-state index in [9.17, 15) is 5.11 Å². The zero-order valence-electron chi connectivity index (χ0n) is 11.4. The summed E-state index contributed by atoms with van der Waals surface area (Å²) in [5.74, 6) is 0. The Kier molecular flexibility index (Phi) is 8.61. The van der Waals surface area contributed by atoms with Crippen molar-refractivity contribution in [3.05, 3.63) is 21.3 Å². The lowest BCUT2D eigenvalue weighted by atomic mass is 10.3. The highest BCUT2D eigenvalue weighted by Gasteiger charge is 2.07. The van der Waals surface area contributed by atoms with Crippen molar-refractivity contribution >= 4 is 22.9 Å². The monoisotopic (exact) mass is 307 g/mol. The lowest BCUT2D eigenvalue weighted by Crippen LogP contribution is -2.33. The number of aliphatic hydroxyl groups excluding tert-OH is 1. The zero-order chi connectivity index (χ0) is 14.1. The maximum atomic E-state index is 9.72. The van der Waals surface area contributed by atoms with Gasteiger partial charge in [-0.05, 0) is 25.5 Å². The van der Waals surface area contributed by atoms with E-state index in [4.69, 9.17) is 21.1 Å². The maximum absolute atomic E-state index is 9.72. The number of rotatable bonds is 10. The first-order valence-electron chi connectivity index (χ1n) is 6.35. The van der Waals surface area contributed by atoms with Crippen molar-refractivity contribution in [3.63, 3.8) is 0 Å². The third-order valence-electron chi connectivity index (χ3n) is 2.53. The number of thiophene rings is 1. The van der Waals surface area contributed by atoms with Gasteiger partial charge >= 0.3 is 0 Å². The second-order valence-corrected chi connectivity index (χ2v) is 6.21. The molecule has 110 valence electrons. The molecule has 1 aromatic rings. The predicted molar refractivity (Wildman–Crippen MR) is 79.2 cm³/mol. The van der Waals surface area contributed by atoms with Crippen LogP contribution in [0.2, 0.25) is 4.34 Å². The summed E-state index contributed by atoms with van der Waals surface area (Å²) < 4.78 is 11.2. The number of halogens is 1. The minimum atomic E-state index is -0.494. The van der Waals surface area contributed by atoms with Crippen LogP contribution in [0.3, 0.4) is 0 Å². The Balaban J connectivity index is 2.02. The van der Waals surface area contributed by atoms with Crippen LogP contribution in [-0.2, 0) is 15.9 Å². The second kappa shape index (κ2) is 9.69.